The summed E-state index contributed by atoms with van der Waals surface area (Å²) in [5.41, 5.74) is 3.42. The summed E-state index contributed by atoms with van der Waals surface area (Å²) in [5, 5.41) is 3.93. The van der Waals surface area contributed by atoms with Crippen molar-refractivity contribution in [3.63, 3.8) is 0 Å². The lowest BCUT2D eigenvalue weighted by Gasteiger charge is -2.26. The number of rotatable bonds is 7. The highest BCUT2D eigenvalue weighted by Crippen LogP contribution is 2.18. The summed E-state index contributed by atoms with van der Waals surface area (Å²) in [7, 11) is -3.67. The van der Waals surface area contributed by atoms with Crippen LogP contribution in [-0.2, 0) is 14.8 Å². The molecule has 0 aromatic heterocycles. The lowest BCUT2D eigenvalue weighted by atomic mass is 10.2. The van der Waals surface area contributed by atoms with Crippen LogP contribution in [0.5, 0.6) is 5.75 Å². The van der Waals surface area contributed by atoms with E-state index in [9.17, 15) is 13.2 Å². The van der Waals surface area contributed by atoms with Gasteiger partial charge in [-0.3, -0.25) is 4.79 Å². The van der Waals surface area contributed by atoms with Gasteiger partial charge in [-0.25, -0.2) is 13.8 Å². The average Bonchev–Trinajstić information content (AvgIpc) is 2.76. The van der Waals surface area contributed by atoms with E-state index in [4.69, 9.17) is 9.47 Å². The molecule has 0 unspecified atom stereocenters. The first-order chi connectivity index (χ1) is 14.0. The molecule has 0 spiro atoms. The highest BCUT2D eigenvalue weighted by molar-refractivity contribution is 7.89. The first kappa shape index (κ1) is 21.0. The molecule has 1 aliphatic heterocycles. The molecule has 1 heterocycles. The smallest absolute Gasteiger partial charge is 0.271 e. The van der Waals surface area contributed by atoms with Crippen molar-refractivity contribution in [1.29, 1.82) is 0 Å². The Balaban J connectivity index is 1.66. The SMILES string of the molecule is CCOc1ccc(/C=N\NC(=O)c2cccc(S(=O)(=O)N3CCOCC3)c2)cc1. The van der Waals surface area contributed by atoms with Gasteiger partial charge >= 0.3 is 0 Å². The van der Waals surface area contributed by atoms with Crippen molar-refractivity contribution in [2.24, 2.45) is 5.10 Å². The minimum Gasteiger partial charge on any atom is -0.494 e. The molecule has 0 bridgehead atoms. The number of amides is 1. The fourth-order valence-corrected chi connectivity index (χ4v) is 4.23. The number of hydrazone groups is 1. The molecule has 2 aromatic rings. The molecule has 0 aliphatic carbocycles. The van der Waals surface area contributed by atoms with Crippen molar-refractivity contribution in [3.8, 4) is 5.75 Å². The third-order valence-corrected chi connectivity index (χ3v) is 6.17. The van der Waals surface area contributed by atoms with Crippen LogP contribution < -0.4 is 10.2 Å². The van der Waals surface area contributed by atoms with Gasteiger partial charge in [-0.05, 0) is 55.0 Å². The highest BCUT2D eigenvalue weighted by atomic mass is 32.2. The van der Waals surface area contributed by atoms with Crippen molar-refractivity contribution < 1.29 is 22.7 Å². The molecule has 0 atom stereocenters. The van der Waals surface area contributed by atoms with E-state index >= 15 is 0 Å². The van der Waals surface area contributed by atoms with E-state index in [1.165, 1.54) is 22.7 Å². The summed E-state index contributed by atoms with van der Waals surface area (Å²) in [6, 6.07) is 13.2. The number of carbonyl (C=O) groups is 1. The third-order valence-electron chi connectivity index (χ3n) is 4.27. The second-order valence-corrected chi connectivity index (χ2v) is 8.18. The Morgan fingerprint density at radius 1 is 1.21 bits per heavy atom. The first-order valence-electron chi connectivity index (χ1n) is 9.25. The normalized spacial score (nSPS) is 15.3. The average molecular weight is 417 g/mol. The van der Waals surface area contributed by atoms with Gasteiger partial charge in [0.05, 0.1) is 30.9 Å². The van der Waals surface area contributed by atoms with E-state index < -0.39 is 15.9 Å². The zero-order chi connectivity index (χ0) is 20.7. The van der Waals surface area contributed by atoms with Gasteiger partial charge in [0.2, 0.25) is 10.0 Å². The molecule has 1 amide bonds. The zero-order valence-corrected chi connectivity index (χ0v) is 16.9. The fourth-order valence-electron chi connectivity index (χ4n) is 2.78. The lowest BCUT2D eigenvalue weighted by molar-refractivity contribution is 0.0730. The van der Waals surface area contributed by atoms with Crippen LogP contribution >= 0.6 is 0 Å². The Morgan fingerprint density at radius 3 is 2.62 bits per heavy atom. The van der Waals surface area contributed by atoms with Gasteiger partial charge in [0.1, 0.15) is 5.75 Å². The summed E-state index contributed by atoms with van der Waals surface area (Å²) in [4.78, 5) is 12.4. The van der Waals surface area contributed by atoms with Crippen LogP contribution in [-0.4, -0.2) is 57.8 Å². The van der Waals surface area contributed by atoms with Gasteiger partial charge < -0.3 is 9.47 Å². The lowest BCUT2D eigenvalue weighted by Crippen LogP contribution is -2.40. The summed E-state index contributed by atoms with van der Waals surface area (Å²) in [5.74, 6) is 0.262. The third kappa shape index (κ3) is 5.41. The number of hydrogen-bond acceptors (Lipinski definition) is 6. The summed E-state index contributed by atoms with van der Waals surface area (Å²) >= 11 is 0. The highest BCUT2D eigenvalue weighted by Gasteiger charge is 2.26. The van der Waals surface area contributed by atoms with Crippen LogP contribution in [0.15, 0.2) is 58.5 Å². The minimum atomic E-state index is -3.67. The Bertz CT molecular complexity index is 968. The topological polar surface area (TPSA) is 97.3 Å². The quantitative estimate of drug-likeness (QED) is 0.548. The Kier molecular flexibility index (Phi) is 6.97. The molecule has 3 rings (SSSR count). The van der Waals surface area contributed by atoms with Gasteiger partial charge in [0, 0.05) is 18.7 Å². The fraction of sp³-hybridized carbons (Fsp3) is 0.300. The van der Waals surface area contributed by atoms with Gasteiger partial charge in [0.15, 0.2) is 0 Å². The second kappa shape index (κ2) is 9.64. The van der Waals surface area contributed by atoms with Crippen LogP contribution in [0.2, 0.25) is 0 Å². The first-order valence-corrected chi connectivity index (χ1v) is 10.7. The van der Waals surface area contributed by atoms with E-state index in [1.54, 1.807) is 12.1 Å². The molecule has 1 fully saturated rings. The predicted molar refractivity (Wildman–Crippen MR) is 109 cm³/mol. The van der Waals surface area contributed by atoms with E-state index in [2.05, 4.69) is 10.5 Å². The Morgan fingerprint density at radius 2 is 1.93 bits per heavy atom. The maximum Gasteiger partial charge on any atom is 0.271 e. The number of ether oxygens (including phenoxy) is 2. The van der Waals surface area contributed by atoms with Crippen molar-refractivity contribution in [1.82, 2.24) is 9.73 Å². The maximum atomic E-state index is 12.7. The molecule has 9 heteroatoms. The number of nitrogens with one attached hydrogen (secondary N) is 1. The molecule has 1 N–H and O–H groups in total. The number of sulfonamides is 1. The van der Waals surface area contributed by atoms with Crippen LogP contribution in [0.25, 0.3) is 0 Å². The van der Waals surface area contributed by atoms with Gasteiger partial charge in [0.25, 0.3) is 5.91 Å². The van der Waals surface area contributed by atoms with Crippen molar-refractivity contribution in [2.45, 2.75) is 11.8 Å². The molecule has 29 heavy (non-hydrogen) atoms. The molecule has 2 aromatic carbocycles. The van der Waals surface area contributed by atoms with Gasteiger partial charge in [-0.2, -0.15) is 9.41 Å². The second-order valence-electron chi connectivity index (χ2n) is 6.25. The molecule has 0 saturated carbocycles. The summed E-state index contributed by atoms with van der Waals surface area (Å²) in [6.45, 7) is 3.81. The monoisotopic (exact) mass is 417 g/mol. The van der Waals surface area contributed by atoms with Crippen LogP contribution in [0.1, 0.15) is 22.8 Å². The molecule has 8 nitrogen and oxygen atoms in total. The van der Waals surface area contributed by atoms with Crippen molar-refractivity contribution >= 4 is 22.1 Å². The summed E-state index contributed by atoms with van der Waals surface area (Å²) in [6.07, 6.45) is 1.50. The molecule has 0 radical (unpaired) electrons. The van der Waals surface area contributed by atoms with Gasteiger partial charge in [-0.15, -0.1) is 0 Å². The van der Waals surface area contributed by atoms with Crippen LogP contribution in [0.4, 0.5) is 0 Å². The Labute approximate surface area is 170 Å². The number of morpholine rings is 1. The minimum absolute atomic E-state index is 0.0718. The van der Waals surface area contributed by atoms with E-state index in [0.717, 1.165) is 11.3 Å². The number of benzene rings is 2. The van der Waals surface area contributed by atoms with Crippen molar-refractivity contribution in [2.75, 3.05) is 32.9 Å². The summed E-state index contributed by atoms with van der Waals surface area (Å²) < 4.78 is 37.4. The molecular formula is C20H23N3O5S. The van der Waals surface area contributed by atoms with E-state index in [-0.39, 0.29) is 10.5 Å². The number of nitrogens with zero attached hydrogens (tertiary/aromatic N) is 2. The van der Waals surface area contributed by atoms with Gasteiger partial charge in [-0.1, -0.05) is 6.07 Å². The molecular weight excluding hydrogens is 394 g/mol. The Hall–Kier alpha value is -2.75. The number of carbonyl (C=O) groups excluding carboxylic acids is 1. The van der Waals surface area contributed by atoms with E-state index in [1.807, 2.05) is 31.2 Å². The maximum absolute atomic E-state index is 12.7. The molecule has 1 aliphatic rings. The zero-order valence-electron chi connectivity index (χ0n) is 16.1. The molecule has 1 saturated heterocycles. The number of hydrogen-bond donors (Lipinski definition) is 1. The van der Waals surface area contributed by atoms with Crippen LogP contribution in [0, 0.1) is 0 Å². The molecule has 154 valence electrons. The largest absolute Gasteiger partial charge is 0.494 e. The predicted octanol–water partition coefficient (Wildman–Crippen LogP) is 1.87. The van der Waals surface area contributed by atoms with Crippen molar-refractivity contribution in [3.05, 3.63) is 59.7 Å². The van der Waals surface area contributed by atoms with E-state index in [0.29, 0.717) is 32.9 Å². The van der Waals surface area contributed by atoms with Crippen LogP contribution in [0.3, 0.4) is 0 Å². The standard InChI is InChI=1S/C20H23N3O5S/c1-2-28-18-8-6-16(7-9-18)15-21-22-20(24)17-4-3-5-19(14-17)29(25,26)23-10-12-27-13-11-23/h3-9,14-15H,2,10-13H2,1H3,(H,22,24)/b21-15-.